The highest BCUT2D eigenvalue weighted by atomic mass is 32.2. The van der Waals surface area contributed by atoms with Crippen LogP contribution >= 0.6 is 0 Å². The number of hydrogen-bond acceptors (Lipinski definition) is 5. The average Bonchev–Trinajstić information content (AvgIpc) is 3.06. The van der Waals surface area contributed by atoms with Gasteiger partial charge in [0, 0.05) is 50.9 Å². The lowest BCUT2D eigenvalue weighted by molar-refractivity contribution is 0.0888. The van der Waals surface area contributed by atoms with E-state index in [1.807, 2.05) is 0 Å². The predicted octanol–water partition coefficient (Wildman–Crippen LogP) is 0.419. The number of nitrogens with one attached hydrogen (secondary N) is 2. The smallest absolute Gasteiger partial charge is 0.190 e. The van der Waals surface area contributed by atoms with Crippen LogP contribution in [0.3, 0.4) is 0 Å². The third-order valence-corrected chi connectivity index (χ3v) is 5.65. The summed E-state index contributed by atoms with van der Waals surface area (Å²) in [4.78, 5) is 4.18. The fourth-order valence-electron chi connectivity index (χ4n) is 2.94. The molecule has 1 aliphatic heterocycles. The fraction of sp³-hybridized carbons (Fsp3) is 0.938. The van der Waals surface area contributed by atoms with Crippen LogP contribution in [-0.4, -0.2) is 73.0 Å². The van der Waals surface area contributed by atoms with Gasteiger partial charge in [-0.25, -0.2) is 8.42 Å². The number of nitrogens with zero attached hydrogens (tertiary/aromatic N) is 1. The van der Waals surface area contributed by atoms with Crippen molar-refractivity contribution in [2.24, 2.45) is 16.3 Å². The van der Waals surface area contributed by atoms with E-state index in [0.717, 1.165) is 64.6 Å². The summed E-state index contributed by atoms with van der Waals surface area (Å²) in [6.07, 6.45) is 5.23. The third kappa shape index (κ3) is 7.36. The van der Waals surface area contributed by atoms with Gasteiger partial charge in [0.15, 0.2) is 5.96 Å². The topological polar surface area (TPSA) is 89.0 Å². The summed E-state index contributed by atoms with van der Waals surface area (Å²) in [5.41, 5.74) is -0.0995. The number of hydrogen-bond donors (Lipinski definition) is 2. The van der Waals surface area contributed by atoms with E-state index in [0.29, 0.717) is 12.5 Å². The molecule has 0 aromatic rings. The summed E-state index contributed by atoms with van der Waals surface area (Å²) in [5.74, 6) is 1.53. The molecule has 0 radical (unpaired) electrons. The predicted molar refractivity (Wildman–Crippen MR) is 95.1 cm³/mol. The molecule has 1 saturated carbocycles. The van der Waals surface area contributed by atoms with Crippen LogP contribution in [0.25, 0.3) is 0 Å². The van der Waals surface area contributed by atoms with Crippen LogP contribution in [0.4, 0.5) is 0 Å². The first-order valence-electron chi connectivity index (χ1n) is 8.70. The molecule has 1 atom stereocenters. The lowest BCUT2D eigenvalue weighted by Gasteiger charge is -2.18. The molecule has 24 heavy (non-hydrogen) atoms. The van der Waals surface area contributed by atoms with Crippen molar-refractivity contribution in [3.63, 3.8) is 0 Å². The van der Waals surface area contributed by atoms with Gasteiger partial charge in [0.05, 0.1) is 19.0 Å². The van der Waals surface area contributed by atoms with Crippen LogP contribution in [0, 0.1) is 11.3 Å². The zero-order chi connectivity index (χ0) is 17.5. The minimum Gasteiger partial charge on any atom is -0.381 e. The van der Waals surface area contributed by atoms with Gasteiger partial charge in [0.1, 0.15) is 9.84 Å². The minimum atomic E-state index is -2.93. The van der Waals surface area contributed by atoms with Gasteiger partial charge < -0.3 is 20.1 Å². The van der Waals surface area contributed by atoms with Crippen molar-refractivity contribution >= 4 is 15.8 Å². The highest BCUT2D eigenvalue weighted by Gasteiger charge is 2.45. The second-order valence-corrected chi connectivity index (χ2v) is 9.22. The minimum absolute atomic E-state index is 0.0995. The number of sulfone groups is 1. The first-order chi connectivity index (χ1) is 11.4. The Kier molecular flexibility index (Phi) is 7.31. The number of rotatable bonds is 10. The molecule has 0 aromatic heterocycles. The first-order valence-corrected chi connectivity index (χ1v) is 10.8. The molecule has 2 aliphatic rings. The lowest BCUT2D eigenvalue weighted by atomic mass is 10.1. The zero-order valence-electron chi connectivity index (χ0n) is 14.8. The molecule has 0 amide bonds. The second-order valence-electron chi connectivity index (χ2n) is 7.08. The van der Waals surface area contributed by atoms with Crippen molar-refractivity contribution < 1.29 is 17.9 Å². The molecule has 140 valence electrons. The first kappa shape index (κ1) is 19.5. The van der Waals surface area contributed by atoms with Gasteiger partial charge in [-0.15, -0.1) is 0 Å². The lowest BCUT2D eigenvalue weighted by Crippen LogP contribution is -2.42. The third-order valence-electron chi connectivity index (χ3n) is 4.52. The summed E-state index contributed by atoms with van der Waals surface area (Å²) in [6, 6.07) is 0. The Morgan fingerprint density at radius 1 is 1.38 bits per heavy atom. The van der Waals surface area contributed by atoms with Crippen molar-refractivity contribution in [2.45, 2.75) is 25.7 Å². The Labute approximate surface area is 145 Å². The fourth-order valence-corrected chi connectivity index (χ4v) is 4.45. The molecule has 1 saturated heterocycles. The van der Waals surface area contributed by atoms with Gasteiger partial charge in [0.2, 0.25) is 0 Å². The van der Waals surface area contributed by atoms with Gasteiger partial charge in [-0.05, 0) is 25.7 Å². The molecule has 8 heteroatoms. The normalized spacial score (nSPS) is 23.2. The Bertz CT molecular complexity index is 511. The Balaban J connectivity index is 1.54. The molecule has 0 bridgehead atoms. The summed E-state index contributed by atoms with van der Waals surface area (Å²) in [7, 11) is -1.21. The van der Waals surface area contributed by atoms with E-state index >= 15 is 0 Å². The molecule has 1 heterocycles. The van der Waals surface area contributed by atoms with Crippen LogP contribution in [0.15, 0.2) is 4.99 Å². The van der Waals surface area contributed by atoms with Crippen LogP contribution < -0.4 is 10.6 Å². The molecular weight excluding hydrogens is 330 g/mol. The van der Waals surface area contributed by atoms with Crippen molar-refractivity contribution in [3.05, 3.63) is 0 Å². The number of ether oxygens (including phenoxy) is 2. The maximum absolute atomic E-state index is 11.5. The highest BCUT2D eigenvalue weighted by Crippen LogP contribution is 2.45. The Morgan fingerprint density at radius 2 is 2.17 bits per heavy atom. The van der Waals surface area contributed by atoms with Gasteiger partial charge in [-0.3, -0.25) is 4.99 Å². The van der Waals surface area contributed by atoms with E-state index in [9.17, 15) is 8.42 Å². The van der Waals surface area contributed by atoms with E-state index in [4.69, 9.17) is 9.47 Å². The molecular formula is C16H31N3O4S. The van der Waals surface area contributed by atoms with E-state index in [-0.39, 0.29) is 11.2 Å². The molecule has 1 unspecified atom stereocenters. The standard InChI is InChI=1S/C16H31N3O4S/c1-17-15(19-12-16(5-6-16)13-24(2,20)21)18-7-3-8-22-10-14-4-9-23-11-14/h14H,3-13H2,1-2H3,(H2,17,18,19). The van der Waals surface area contributed by atoms with Crippen molar-refractivity contribution in [1.82, 2.24) is 10.6 Å². The van der Waals surface area contributed by atoms with Crippen LogP contribution in [0.1, 0.15) is 25.7 Å². The average molecular weight is 362 g/mol. The summed E-state index contributed by atoms with van der Waals surface area (Å²) < 4.78 is 33.9. The Hall–Kier alpha value is -0.860. The van der Waals surface area contributed by atoms with Gasteiger partial charge in [0.25, 0.3) is 0 Å². The van der Waals surface area contributed by atoms with Crippen LogP contribution in [0.2, 0.25) is 0 Å². The summed E-state index contributed by atoms with van der Waals surface area (Å²) in [5, 5.41) is 6.49. The van der Waals surface area contributed by atoms with E-state index in [1.54, 1.807) is 7.05 Å². The van der Waals surface area contributed by atoms with Crippen molar-refractivity contribution in [2.75, 3.05) is 58.6 Å². The van der Waals surface area contributed by atoms with Crippen molar-refractivity contribution in [3.8, 4) is 0 Å². The van der Waals surface area contributed by atoms with Gasteiger partial charge in [-0.1, -0.05) is 0 Å². The second kappa shape index (κ2) is 9.01. The van der Waals surface area contributed by atoms with Crippen LogP contribution in [0.5, 0.6) is 0 Å². The molecule has 0 aromatic carbocycles. The van der Waals surface area contributed by atoms with E-state index < -0.39 is 9.84 Å². The largest absolute Gasteiger partial charge is 0.381 e. The maximum atomic E-state index is 11.5. The number of guanidine groups is 1. The zero-order valence-corrected chi connectivity index (χ0v) is 15.7. The van der Waals surface area contributed by atoms with Crippen molar-refractivity contribution in [1.29, 1.82) is 0 Å². The van der Waals surface area contributed by atoms with Gasteiger partial charge in [-0.2, -0.15) is 0 Å². The molecule has 2 N–H and O–H groups in total. The monoisotopic (exact) mass is 361 g/mol. The van der Waals surface area contributed by atoms with E-state index in [1.165, 1.54) is 6.26 Å². The summed E-state index contributed by atoms with van der Waals surface area (Å²) in [6.45, 7) is 4.61. The molecule has 2 rings (SSSR count). The number of aliphatic imine (C=N–C) groups is 1. The van der Waals surface area contributed by atoms with E-state index in [2.05, 4.69) is 15.6 Å². The molecule has 1 aliphatic carbocycles. The molecule has 7 nitrogen and oxygen atoms in total. The van der Waals surface area contributed by atoms with Crippen LogP contribution in [-0.2, 0) is 19.3 Å². The molecule has 2 fully saturated rings. The highest BCUT2D eigenvalue weighted by molar-refractivity contribution is 7.90. The SMILES string of the molecule is CN=C(NCCCOCC1CCOC1)NCC1(CS(C)(=O)=O)CC1. The Morgan fingerprint density at radius 3 is 2.75 bits per heavy atom. The summed E-state index contributed by atoms with van der Waals surface area (Å²) >= 11 is 0. The van der Waals surface area contributed by atoms with Gasteiger partial charge >= 0.3 is 0 Å². The quantitative estimate of drug-likeness (QED) is 0.333. The maximum Gasteiger partial charge on any atom is 0.190 e. The molecule has 0 spiro atoms.